The van der Waals surface area contributed by atoms with Crippen LogP contribution in [0, 0.1) is 5.41 Å². The van der Waals surface area contributed by atoms with Gasteiger partial charge in [0.2, 0.25) is 0 Å². The van der Waals surface area contributed by atoms with Crippen LogP contribution >= 0.6 is 0 Å². The molecule has 3 heteroatoms. The van der Waals surface area contributed by atoms with Crippen molar-refractivity contribution in [3.63, 3.8) is 0 Å². The number of hydrogen-bond donors (Lipinski definition) is 3. The number of rotatable bonds is 8. The highest BCUT2D eigenvalue weighted by Crippen LogP contribution is 2.36. The maximum absolute atomic E-state index is 9.17. The zero-order valence-electron chi connectivity index (χ0n) is 18.7. The third-order valence-corrected chi connectivity index (χ3v) is 5.57. The Morgan fingerprint density at radius 3 is 1.87 bits per heavy atom. The Bertz CT molecular complexity index is 964. The average molecular weight is 400 g/mol. The Morgan fingerprint density at radius 2 is 1.30 bits per heavy atom. The molecular weight excluding hydrogens is 366 g/mol. The second-order valence-corrected chi connectivity index (χ2v) is 8.32. The molecule has 0 aliphatic rings. The fourth-order valence-corrected chi connectivity index (χ4v) is 3.92. The molecule has 0 heterocycles. The van der Waals surface area contributed by atoms with Gasteiger partial charge in [-0.2, -0.15) is 0 Å². The van der Waals surface area contributed by atoms with Crippen molar-refractivity contribution < 1.29 is 0 Å². The van der Waals surface area contributed by atoms with E-state index >= 15 is 0 Å². The molecule has 0 aliphatic carbocycles. The normalized spacial score (nSPS) is 12.1. The summed E-state index contributed by atoms with van der Waals surface area (Å²) in [5.74, 6) is 0.780. The van der Waals surface area contributed by atoms with Crippen LogP contribution in [0.4, 0.5) is 11.4 Å². The molecule has 0 saturated heterocycles. The van der Waals surface area contributed by atoms with Gasteiger partial charge in [0.05, 0.1) is 11.8 Å². The number of para-hydroxylation sites is 2. The van der Waals surface area contributed by atoms with Crippen molar-refractivity contribution in [1.29, 1.82) is 5.41 Å². The van der Waals surface area contributed by atoms with Gasteiger partial charge < -0.3 is 16.0 Å². The van der Waals surface area contributed by atoms with Crippen molar-refractivity contribution in [2.75, 3.05) is 17.7 Å². The van der Waals surface area contributed by atoms with E-state index in [-0.39, 0.29) is 6.04 Å². The van der Waals surface area contributed by atoms with Crippen LogP contribution in [0.2, 0.25) is 0 Å². The Labute approximate surface area is 181 Å². The van der Waals surface area contributed by atoms with E-state index in [0.717, 1.165) is 22.5 Å². The van der Waals surface area contributed by atoms with Crippen molar-refractivity contribution in [2.45, 2.75) is 45.6 Å². The molecule has 3 rings (SSSR count). The molecule has 3 aromatic carbocycles. The van der Waals surface area contributed by atoms with Gasteiger partial charge in [0, 0.05) is 24.0 Å². The number of anilines is 2. The summed E-state index contributed by atoms with van der Waals surface area (Å²) in [5, 5.41) is 16.2. The average Bonchev–Trinajstić information content (AvgIpc) is 2.77. The standard InChI is InChI=1S/C27H33N3/c1-18(2)21-15-11-16-22(19(3)4)27(21)30-26(20-12-7-6-8-13-20)25(28)23-14-9-10-17-24(23)29-5/h6-19,26,28-30H,1-5H3. The molecule has 1 unspecified atom stereocenters. The Kier molecular flexibility index (Phi) is 6.94. The van der Waals surface area contributed by atoms with E-state index in [0.29, 0.717) is 17.5 Å². The first-order chi connectivity index (χ1) is 14.4. The molecule has 3 aromatic rings. The first kappa shape index (κ1) is 21.6. The molecule has 0 bridgehead atoms. The minimum Gasteiger partial charge on any atom is -0.388 e. The zero-order chi connectivity index (χ0) is 21.7. The molecule has 0 amide bonds. The highest BCUT2D eigenvalue weighted by molar-refractivity contribution is 6.08. The van der Waals surface area contributed by atoms with E-state index in [2.05, 4.69) is 68.7 Å². The van der Waals surface area contributed by atoms with Gasteiger partial charge in [0.25, 0.3) is 0 Å². The maximum Gasteiger partial charge on any atom is 0.0939 e. The predicted molar refractivity (Wildman–Crippen MR) is 130 cm³/mol. The molecule has 3 N–H and O–H groups in total. The predicted octanol–water partition coefficient (Wildman–Crippen LogP) is 7.20. The minimum atomic E-state index is -0.252. The fraction of sp³-hybridized carbons (Fsp3) is 0.296. The van der Waals surface area contributed by atoms with E-state index in [1.165, 1.54) is 11.1 Å². The molecule has 0 aliphatic heterocycles. The number of hydrogen-bond acceptors (Lipinski definition) is 3. The topological polar surface area (TPSA) is 47.9 Å². The number of benzene rings is 3. The van der Waals surface area contributed by atoms with Crippen LogP contribution in [0.3, 0.4) is 0 Å². The number of nitrogens with one attached hydrogen (secondary N) is 3. The van der Waals surface area contributed by atoms with E-state index in [1.54, 1.807) is 0 Å². The summed E-state index contributed by atoms with van der Waals surface area (Å²) in [7, 11) is 1.90. The lowest BCUT2D eigenvalue weighted by Crippen LogP contribution is -2.24. The minimum absolute atomic E-state index is 0.252. The molecule has 156 valence electrons. The molecule has 30 heavy (non-hydrogen) atoms. The van der Waals surface area contributed by atoms with Crippen LogP contribution in [0.25, 0.3) is 0 Å². The summed E-state index contributed by atoms with van der Waals surface area (Å²) in [6, 6.07) is 24.6. The van der Waals surface area contributed by atoms with Gasteiger partial charge in [0.15, 0.2) is 0 Å². The third-order valence-electron chi connectivity index (χ3n) is 5.57. The van der Waals surface area contributed by atoms with E-state index in [9.17, 15) is 5.41 Å². The lowest BCUT2D eigenvalue weighted by Gasteiger charge is -2.28. The smallest absolute Gasteiger partial charge is 0.0939 e. The fourth-order valence-electron chi connectivity index (χ4n) is 3.92. The second-order valence-electron chi connectivity index (χ2n) is 8.32. The van der Waals surface area contributed by atoms with Crippen molar-refractivity contribution >= 4 is 17.1 Å². The largest absolute Gasteiger partial charge is 0.388 e. The summed E-state index contributed by atoms with van der Waals surface area (Å²) in [5.41, 5.74) is 7.25. The summed E-state index contributed by atoms with van der Waals surface area (Å²) in [6.07, 6.45) is 0. The summed E-state index contributed by atoms with van der Waals surface area (Å²) < 4.78 is 0. The van der Waals surface area contributed by atoms with Crippen LogP contribution in [-0.2, 0) is 0 Å². The van der Waals surface area contributed by atoms with Crippen LogP contribution in [0.1, 0.15) is 67.8 Å². The van der Waals surface area contributed by atoms with Crippen LogP contribution in [0.5, 0.6) is 0 Å². The SMILES string of the molecule is CNc1ccccc1C(=N)C(Nc1c(C(C)C)cccc1C(C)C)c1ccccc1. The molecule has 3 nitrogen and oxygen atoms in total. The van der Waals surface area contributed by atoms with Crippen molar-refractivity contribution in [3.8, 4) is 0 Å². The van der Waals surface area contributed by atoms with Gasteiger partial charge in [-0.05, 0) is 34.6 Å². The lowest BCUT2D eigenvalue weighted by molar-refractivity contribution is 0.828. The first-order valence-electron chi connectivity index (χ1n) is 10.7. The van der Waals surface area contributed by atoms with Crippen LogP contribution in [0.15, 0.2) is 72.8 Å². The van der Waals surface area contributed by atoms with Crippen molar-refractivity contribution in [1.82, 2.24) is 0 Å². The van der Waals surface area contributed by atoms with Gasteiger partial charge in [-0.25, -0.2) is 0 Å². The first-order valence-corrected chi connectivity index (χ1v) is 10.7. The highest BCUT2D eigenvalue weighted by Gasteiger charge is 2.23. The molecular formula is C27H33N3. The Hall–Kier alpha value is -3.07. The van der Waals surface area contributed by atoms with Gasteiger partial charge in [0.1, 0.15) is 0 Å². The quantitative estimate of drug-likeness (QED) is 0.351. The maximum atomic E-state index is 9.17. The highest BCUT2D eigenvalue weighted by atomic mass is 14.9. The van der Waals surface area contributed by atoms with E-state index < -0.39 is 0 Å². The van der Waals surface area contributed by atoms with Crippen LogP contribution < -0.4 is 10.6 Å². The Balaban J connectivity index is 2.13. The zero-order valence-corrected chi connectivity index (χ0v) is 18.7. The summed E-state index contributed by atoms with van der Waals surface area (Å²) in [4.78, 5) is 0. The molecule has 0 saturated carbocycles. The van der Waals surface area contributed by atoms with Crippen molar-refractivity contribution in [2.24, 2.45) is 0 Å². The summed E-state index contributed by atoms with van der Waals surface area (Å²) in [6.45, 7) is 8.90. The third kappa shape index (κ3) is 4.56. The van der Waals surface area contributed by atoms with E-state index in [4.69, 9.17) is 0 Å². The molecule has 0 spiro atoms. The van der Waals surface area contributed by atoms with Crippen LogP contribution in [-0.4, -0.2) is 12.8 Å². The molecule has 0 fully saturated rings. The molecule has 0 aromatic heterocycles. The molecule has 0 radical (unpaired) electrons. The van der Waals surface area contributed by atoms with Gasteiger partial charge in [-0.15, -0.1) is 0 Å². The monoisotopic (exact) mass is 399 g/mol. The van der Waals surface area contributed by atoms with Gasteiger partial charge >= 0.3 is 0 Å². The lowest BCUT2D eigenvalue weighted by atomic mass is 9.90. The van der Waals surface area contributed by atoms with Crippen molar-refractivity contribution in [3.05, 3.63) is 95.1 Å². The summed E-state index contributed by atoms with van der Waals surface area (Å²) >= 11 is 0. The second kappa shape index (κ2) is 9.62. The van der Waals surface area contributed by atoms with E-state index in [1.807, 2.05) is 49.5 Å². The van der Waals surface area contributed by atoms with Gasteiger partial charge in [-0.3, -0.25) is 0 Å². The molecule has 1 atom stereocenters. The Morgan fingerprint density at radius 1 is 0.733 bits per heavy atom. The van der Waals surface area contributed by atoms with Gasteiger partial charge in [-0.1, -0.05) is 94.4 Å².